The zero-order valence-corrected chi connectivity index (χ0v) is 9.84. The zero-order chi connectivity index (χ0) is 10.8. The summed E-state index contributed by atoms with van der Waals surface area (Å²) in [5, 5.41) is 3.51. The van der Waals surface area contributed by atoms with Gasteiger partial charge >= 0.3 is 0 Å². The van der Waals surface area contributed by atoms with Crippen LogP contribution in [-0.4, -0.2) is 24.5 Å². The van der Waals surface area contributed by atoms with Crippen LogP contribution in [-0.2, 0) is 13.0 Å². The quantitative estimate of drug-likeness (QED) is 0.817. The van der Waals surface area contributed by atoms with E-state index in [0.717, 1.165) is 13.1 Å². The smallest absolute Gasteiger partial charge is 0.0375 e. The van der Waals surface area contributed by atoms with E-state index in [1.807, 2.05) is 0 Å². The van der Waals surface area contributed by atoms with Crippen molar-refractivity contribution in [3.05, 3.63) is 29.3 Å². The maximum absolute atomic E-state index is 3.51. The highest BCUT2D eigenvalue weighted by atomic mass is 15.1. The summed E-state index contributed by atoms with van der Waals surface area (Å²) >= 11 is 0. The van der Waals surface area contributed by atoms with Crippen LogP contribution in [0.4, 0.5) is 5.69 Å². The molecule has 0 amide bonds. The van der Waals surface area contributed by atoms with Crippen molar-refractivity contribution in [2.45, 2.75) is 32.2 Å². The third-order valence-electron chi connectivity index (χ3n) is 3.78. The summed E-state index contributed by atoms with van der Waals surface area (Å²) in [6.07, 6.45) is 5.30. The van der Waals surface area contributed by atoms with E-state index in [1.165, 1.54) is 44.5 Å². The highest BCUT2D eigenvalue weighted by Gasteiger charge is 2.16. The van der Waals surface area contributed by atoms with E-state index in [4.69, 9.17) is 0 Å². The monoisotopic (exact) mass is 216 g/mol. The lowest BCUT2D eigenvalue weighted by Crippen LogP contribution is -2.21. The molecule has 0 saturated carbocycles. The molecule has 0 bridgehead atoms. The SMILES string of the molecule is c1cc(CN2CCCC2)c2c(c1)NCCC2. The third-order valence-corrected chi connectivity index (χ3v) is 3.78. The largest absolute Gasteiger partial charge is 0.385 e. The predicted octanol–water partition coefficient (Wildman–Crippen LogP) is 2.64. The first-order valence-corrected chi connectivity index (χ1v) is 6.50. The maximum atomic E-state index is 3.51. The second-order valence-corrected chi connectivity index (χ2v) is 4.96. The average Bonchev–Trinajstić information content (AvgIpc) is 2.82. The van der Waals surface area contributed by atoms with Gasteiger partial charge in [0, 0.05) is 18.8 Å². The Morgan fingerprint density at radius 3 is 2.88 bits per heavy atom. The number of hydrogen-bond donors (Lipinski definition) is 1. The molecule has 0 unspecified atom stereocenters. The van der Waals surface area contributed by atoms with E-state index < -0.39 is 0 Å². The van der Waals surface area contributed by atoms with Crippen molar-refractivity contribution in [1.82, 2.24) is 4.90 Å². The van der Waals surface area contributed by atoms with Gasteiger partial charge in [0.05, 0.1) is 0 Å². The van der Waals surface area contributed by atoms with Gasteiger partial charge in [-0.3, -0.25) is 4.90 Å². The molecule has 0 atom stereocenters. The molecule has 1 aromatic carbocycles. The highest BCUT2D eigenvalue weighted by molar-refractivity contribution is 5.56. The Morgan fingerprint density at radius 2 is 2.00 bits per heavy atom. The minimum absolute atomic E-state index is 1.14. The van der Waals surface area contributed by atoms with Crippen molar-refractivity contribution in [2.75, 3.05) is 25.0 Å². The van der Waals surface area contributed by atoms with Crippen LogP contribution in [0.5, 0.6) is 0 Å². The van der Waals surface area contributed by atoms with Crippen LogP contribution in [0.15, 0.2) is 18.2 Å². The van der Waals surface area contributed by atoms with E-state index in [-0.39, 0.29) is 0 Å². The Hall–Kier alpha value is -1.02. The fraction of sp³-hybridized carbons (Fsp3) is 0.571. The predicted molar refractivity (Wildman–Crippen MR) is 67.8 cm³/mol. The van der Waals surface area contributed by atoms with Gasteiger partial charge in [-0.05, 0) is 56.0 Å². The molecule has 1 saturated heterocycles. The van der Waals surface area contributed by atoms with E-state index in [0.29, 0.717) is 0 Å². The Kier molecular flexibility index (Phi) is 2.83. The summed E-state index contributed by atoms with van der Waals surface area (Å²) in [5.41, 5.74) is 4.50. The standard InChI is InChI=1S/C14H20N2/c1-2-10-16(9-1)11-12-5-3-7-14-13(12)6-4-8-15-14/h3,5,7,15H,1-2,4,6,8-11H2. The Balaban J connectivity index is 1.82. The van der Waals surface area contributed by atoms with Crippen LogP contribution in [0.2, 0.25) is 0 Å². The number of nitrogens with zero attached hydrogens (tertiary/aromatic N) is 1. The van der Waals surface area contributed by atoms with Crippen molar-refractivity contribution in [3.63, 3.8) is 0 Å². The van der Waals surface area contributed by atoms with Gasteiger partial charge < -0.3 is 5.32 Å². The molecule has 16 heavy (non-hydrogen) atoms. The van der Waals surface area contributed by atoms with Gasteiger partial charge in [-0.25, -0.2) is 0 Å². The molecule has 2 heteroatoms. The summed E-state index contributed by atoms with van der Waals surface area (Å²) < 4.78 is 0. The molecule has 2 aliphatic rings. The Labute approximate surface area is 97.6 Å². The minimum Gasteiger partial charge on any atom is -0.385 e. The van der Waals surface area contributed by atoms with Crippen molar-refractivity contribution < 1.29 is 0 Å². The Morgan fingerprint density at radius 1 is 1.12 bits per heavy atom. The fourth-order valence-electron chi connectivity index (χ4n) is 2.91. The maximum Gasteiger partial charge on any atom is 0.0375 e. The number of nitrogens with one attached hydrogen (secondary N) is 1. The molecule has 0 radical (unpaired) electrons. The molecule has 3 rings (SSSR count). The van der Waals surface area contributed by atoms with E-state index in [9.17, 15) is 0 Å². The minimum atomic E-state index is 1.14. The van der Waals surface area contributed by atoms with E-state index >= 15 is 0 Å². The summed E-state index contributed by atoms with van der Waals surface area (Å²) in [4.78, 5) is 2.59. The molecule has 1 aromatic rings. The van der Waals surface area contributed by atoms with Gasteiger partial charge in [0.1, 0.15) is 0 Å². The van der Waals surface area contributed by atoms with E-state index in [1.54, 1.807) is 11.1 Å². The molecule has 1 fully saturated rings. The first-order chi connectivity index (χ1) is 7.93. The normalized spacial score (nSPS) is 20.5. The number of hydrogen-bond acceptors (Lipinski definition) is 2. The lowest BCUT2D eigenvalue weighted by atomic mass is 9.97. The second kappa shape index (κ2) is 4.46. The summed E-state index contributed by atoms with van der Waals surface area (Å²) in [6, 6.07) is 6.73. The number of benzene rings is 1. The van der Waals surface area contributed by atoms with Crippen molar-refractivity contribution in [2.24, 2.45) is 0 Å². The number of rotatable bonds is 2. The van der Waals surface area contributed by atoms with Crippen LogP contribution in [0.25, 0.3) is 0 Å². The van der Waals surface area contributed by atoms with Crippen molar-refractivity contribution in [1.29, 1.82) is 0 Å². The van der Waals surface area contributed by atoms with Gasteiger partial charge in [0.15, 0.2) is 0 Å². The topological polar surface area (TPSA) is 15.3 Å². The number of fused-ring (bicyclic) bond motifs is 1. The molecule has 2 nitrogen and oxygen atoms in total. The third kappa shape index (κ3) is 1.94. The molecular formula is C14H20N2. The Bertz CT molecular complexity index is 367. The molecule has 0 aliphatic carbocycles. The van der Waals surface area contributed by atoms with Crippen molar-refractivity contribution in [3.8, 4) is 0 Å². The summed E-state index contributed by atoms with van der Waals surface area (Å²) in [5.74, 6) is 0. The number of anilines is 1. The molecule has 2 aliphatic heterocycles. The summed E-state index contributed by atoms with van der Waals surface area (Å²) in [7, 11) is 0. The van der Waals surface area contributed by atoms with Gasteiger partial charge in [-0.1, -0.05) is 12.1 Å². The summed E-state index contributed by atoms with van der Waals surface area (Å²) in [6.45, 7) is 4.87. The van der Waals surface area contributed by atoms with Crippen LogP contribution in [0, 0.1) is 0 Å². The lowest BCUT2D eigenvalue weighted by molar-refractivity contribution is 0.330. The zero-order valence-electron chi connectivity index (χ0n) is 9.84. The van der Waals surface area contributed by atoms with Crippen LogP contribution in [0.1, 0.15) is 30.4 Å². The number of likely N-dealkylation sites (tertiary alicyclic amines) is 1. The van der Waals surface area contributed by atoms with Crippen LogP contribution in [0.3, 0.4) is 0 Å². The van der Waals surface area contributed by atoms with Gasteiger partial charge in [0.2, 0.25) is 0 Å². The average molecular weight is 216 g/mol. The first-order valence-electron chi connectivity index (χ1n) is 6.50. The fourth-order valence-corrected chi connectivity index (χ4v) is 2.91. The molecule has 1 N–H and O–H groups in total. The molecule has 86 valence electrons. The second-order valence-electron chi connectivity index (χ2n) is 4.96. The first kappa shape index (κ1) is 10.2. The van der Waals surface area contributed by atoms with E-state index in [2.05, 4.69) is 28.4 Å². The van der Waals surface area contributed by atoms with Gasteiger partial charge in [-0.2, -0.15) is 0 Å². The van der Waals surface area contributed by atoms with Crippen LogP contribution < -0.4 is 5.32 Å². The lowest BCUT2D eigenvalue weighted by Gasteiger charge is -2.23. The molecule has 0 aromatic heterocycles. The molecule has 0 spiro atoms. The highest BCUT2D eigenvalue weighted by Crippen LogP contribution is 2.26. The van der Waals surface area contributed by atoms with Gasteiger partial charge in [-0.15, -0.1) is 0 Å². The molecule has 2 heterocycles. The molecular weight excluding hydrogens is 196 g/mol. The van der Waals surface area contributed by atoms with Gasteiger partial charge in [0.25, 0.3) is 0 Å². The van der Waals surface area contributed by atoms with Crippen LogP contribution >= 0.6 is 0 Å². The van der Waals surface area contributed by atoms with Crippen molar-refractivity contribution >= 4 is 5.69 Å².